The summed E-state index contributed by atoms with van der Waals surface area (Å²) in [4.78, 5) is 19.0. The van der Waals surface area contributed by atoms with Crippen molar-refractivity contribution in [2.75, 3.05) is 18.8 Å². The van der Waals surface area contributed by atoms with Gasteiger partial charge in [-0.15, -0.1) is 0 Å². The number of aryl methyl sites for hydroxylation is 2. The summed E-state index contributed by atoms with van der Waals surface area (Å²) < 4.78 is 7.26. The highest BCUT2D eigenvalue weighted by Crippen LogP contribution is 2.22. The molecule has 2 aromatic rings. The molecule has 0 bridgehead atoms. The van der Waals surface area contributed by atoms with Gasteiger partial charge in [0, 0.05) is 44.2 Å². The highest BCUT2D eigenvalue weighted by molar-refractivity contribution is 7.98. The first-order valence-corrected chi connectivity index (χ1v) is 10.2. The standard InChI is InChI=1S/C18H24N4O2S/c1-13-19-10-16(24-13)4-7-21-6-2-3-15(21)11-22-18(23)9-14-12-25-8-5-17(14)20-22/h9-10,15H,2-8,11-12H2,1H3. The average Bonchev–Trinajstić information content (AvgIpc) is 3.22. The number of fused-ring (bicyclic) bond motifs is 1. The van der Waals surface area contributed by atoms with Gasteiger partial charge in [0.05, 0.1) is 18.4 Å². The molecule has 0 spiro atoms. The second-order valence-electron chi connectivity index (χ2n) is 6.87. The van der Waals surface area contributed by atoms with Crippen molar-refractivity contribution in [3.8, 4) is 0 Å². The van der Waals surface area contributed by atoms with E-state index < -0.39 is 0 Å². The number of thioether (sulfide) groups is 1. The van der Waals surface area contributed by atoms with Gasteiger partial charge in [-0.25, -0.2) is 9.67 Å². The van der Waals surface area contributed by atoms with Crippen LogP contribution in [0.5, 0.6) is 0 Å². The fourth-order valence-corrected chi connectivity index (χ4v) is 4.71. The lowest BCUT2D eigenvalue weighted by Gasteiger charge is -2.25. The van der Waals surface area contributed by atoms with Crippen molar-refractivity contribution >= 4 is 11.8 Å². The van der Waals surface area contributed by atoms with Crippen LogP contribution in [0.1, 0.15) is 35.7 Å². The molecule has 4 heterocycles. The van der Waals surface area contributed by atoms with Crippen molar-refractivity contribution in [3.05, 3.63) is 45.5 Å². The molecule has 0 saturated carbocycles. The molecule has 2 aromatic heterocycles. The zero-order valence-corrected chi connectivity index (χ0v) is 15.4. The third-order valence-corrected chi connectivity index (χ3v) is 6.11. The summed E-state index contributed by atoms with van der Waals surface area (Å²) in [6.45, 7) is 4.58. The minimum atomic E-state index is 0.0407. The van der Waals surface area contributed by atoms with Gasteiger partial charge in [0.15, 0.2) is 5.89 Å². The number of nitrogens with zero attached hydrogens (tertiary/aromatic N) is 4. The molecule has 1 saturated heterocycles. The molecule has 25 heavy (non-hydrogen) atoms. The van der Waals surface area contributed by atoms with Crippen molar-refractivity contribution in [3.63, 3.8) is 0 Å². The second-order valence-corrected chi connectivity index (χ2v) is 7.97. The van der Waals surface area contributed by atoms with Crippen LogP contribution in [0.4, 0.5) is 0 Å². The molecule has 0 aliphatic carbocycles. The van der Waals surface area contributed by atoms with Gasteiger partial charge >= 0.3 is 0 Å². The summed E-state index contributed by atoms with van der Waals surface area (Å²) in [5.74, 6) is 3.68. The van der Waals surface area contributed by atoms with Crippen LogP contribution in [0.25, 0.3) is 0 Å². The minimum Gasteiger partial charge on any atom is -0.446 e. The topological polar surface area (TPSA) is 64.2 Å². The molecule has 4 rings (SSSR count). The highest BCUT2D eigenvalue weighted by atomic mass is 32.2. The van der Waals surface area contributed by atoms with Crippen LogP contribution in [0.2, 0.25) is 0 Å². The van der Waals surface area contributed by atoms with E-state index in [9.17, 15) is 4.79 Å². The maximum atomic E-state index is 12.4. The molecule has 1 atom stereocenters. The Labute approximate surface area is 151 Å². The number of hydrogen-bond donors (Lipinski definition) is 0. The Morgan fingerprint density at radius 1 is 1.44 bits per heavy atom. The summed E-state index contributed by atoms with van der Waals surface area (Å²) in [6, 6.07) is 2.18. The SMILES string of the molecule is Cc1ncc(CCN2CCCC2Cn2nc3c(cc2=O)CSCC3)o1. The van der Waals surface area contributed by atoms with E-state index in [1.807, 2.05) is 24.9 Å². The van der Waals surface area contributed by atoms with E-state index in [0.717, 1.165) is 66.8 Å². The molecule has 1 fully saturated rings. The van der Waals surface area contributed by atoms with Crippen LogP contribution >= 0.6 is 11.8 Å². The van der Waals surface area contributed by atoms with Gasteiger partial charge in [-0.2, -0.15) is 16.9 Å². The monoisotopic (exact) mass is 360 g/mol. The van der Waals surface area contributed by atoms with Gasteiger partial charge in [0.1, 0.15) is 5.76 Å². The second kappa shape index (κ2) is 7.33. The third kappa shape index (κ3) is 3.82. The van der Waals surface area contributed by atoms with E-state index >= 15 is 0 Å². The molecule has 6 nitrogen and oxygen atoms in total. The van der Waals surface area contributed by atoms with Crippen LogP contribution < -0.4 is 5.56 Å². The minimum absolute atomic E-state index is 0.0407. The van der Waals surface area contributed by atoms with Crippen molar-refractivity contribution < 1.29 is 4.42 Å². The van der Waals surface area contributed by atoms with Gasteiger partial charge in [-0.1, -0.05) is 0 Å². The summed E-state index contributed by atoms with van der Waals surface area (Å²) in [5, 5.41) is 4.67. The summed E-state index contributed by atoms with van der Waals surface area (Å²) in [7, 11) is 0. The van der Waals surface area contributed by atoms with Gasteiger partial charge in [0.2, 0.25) is 0 Å². The van der Waals surface area contributed by atoms with Crippen LogP contribution in [-0.4, -0.2) is 44.5 Å². The summed E-state index contributed by atoms with van der Waals surface area (Å²) >= 11 is 1.88. The lowest BCUT2D eigenvalue weighted by atomic mass is 10.2. The molecule has 7 heteroatoms. The van der Waals surface area contributed by atoms with Gasteiger partial charge < -0.3 is 4.42 Å². The maximum absolute atomic E-state index is 12.4. The fraction of sp³-hybridized carbons (Fsp3) is 0.611. The van der Waals surface area contributed by atoms with Gasteiger partial charge in [-0.3, -0.25) is 9.69 Å². The Morgan fingerprint density at radius 2 is 2.36 bits per heavy atom. The van der Waals surface area contributed by atoms with E-state index in [4.69, 9.17) is 4.42 Å². The predicted molar refractivity (Wildman–Crippen MR) is 97.9 cm³/mol. The molecule has 2 aliphatic heterocycles. The number of aromatic nitrogens is 3. The Kier molecular flexibility index (Phi) is 4.94. The van der Waals surface area contributed by atoms with E-state index in [0.29, 0.717) is 12.6 Å². The van der Waals surface area contributed by atoms with Gasteiger partial charge in [0.25, 0.3) is 5.56 Å². The van der Waals surface area contributed by atoms with Crippen molar-refractivity contribution in [1.29, 1.82) is 0 Å². The Balaban J connectivity index is 1.43. The van der Waals surface area contributed by atoms with Crippen molar-refractivity contribution in [1.82, 2.24) is 19.7 Å². The number of oxazole rings is 1. The number of likely N-dealkylation sites (tertiary alicyclic amines) is 1. The van der Waals surface area contributed by atoms with Crippen LogP contribution in [0.15, 0.2) is 21.5 Å². The Morgan fingerprint density at radius 3 is 3.20 bits per heavy atom. The van der Waals surface area contributed by atoms with E-state index in [-0.39, 0.29) is 5.56 Å². The molecule has 1 unspecified atom stereocenters. The first-order chi connectivity index (χ1) is 12.2. The number of rotatable bonds is 5. The quantitative estimate of drug-likeness (QED) is 0.813. The molecule has 134 valence electrons. The Hall–Kier alpha value is -1.60. The molecular weight excluding hydrogens is 336 g/mol. The molecular formula is C18H24N4O2S. The van der Waals surface area contributed by atoms with Crippen LogP contribution in [-0.2, 0) is 25.1 Å². The van der Waals surface area contributed by atoms with Crippen LogP contribution in [0.3, 0.4) is 0 Å². The van der Waals surface area contributed by atoms with Crippen molar-refractivity contribution in [2.45, 2.75) is 50.9 Å². The lowest BCUT2D eigenvalue weighted by Crippen LogP contribution is -2.38. The maximum Gasteiger partial charge on any atom is 0.267 e. The molecule has 0 N–H and O–H groups in total. The predicted octanol–water partition coefficient (Wildman–Crippen LogP) is 2.04. The molecule has 0 radical (unpaired) electrons. The van der Waals surface area contributed by atoms with Gasteiger partial charge in [-0.05, 0) is 30.7 Å². The average molecular weight is 360 g/mol. The fourth-order valence-electron chi connectivity index (χ4n) is 3.75. The zero-order valence-electron chi connectivity index (χ0n) is 14.6. The van der Waals surface area contributed by atoms with Crippen molar-refractivity contribution in [2.24, 2.45) is 0 Å². The molecule has 0 aromatic carbocycles. The number of hydrogen-bond acceptors (Lipinski definition) is 6. The zero-order chi connectivity index (χ0) is 17.2. The van der Waals surface area contributed by atoms with E-state index in [1.54, 1.807) is 10.7 Å². The lowest BCUT2D eigenvalue weighted by molar-refractivity contribution is 0.222. The largest absolute Gasteiger partial charge is 0.446 e. The van der Waals surface area contributed by atoms with E-state index in [2.05, 4.69) is 15.0 Å². The van der Waals surface area contributed by atoms with Crippen LogP contribution in [0, 0.1) is 6.92 Å². The summed E-state index contributed by atoms with van der Waals surface area (Å²) in [5.41, 5.74) is 2.28. The first kappa shape index (κ1) is 16.8. The molecule has 0 amide bonds. The third-order valence-electron chi connectivity index (χ3n) is 5.10. The summed E-state index contributed by atoms with van der Waals surface area (Å²) in [6.07, 6.45) is 5.95. The first-order valence-electron chi connectivity index (χ1n) is 9.02. The molecule has 2 aliphatic rings. The smallest absolute Gasteiger partial charge is 0.267 e. The highest BCUT2D eigenvalue weighted by Gasteiger charge is 2.26. The Bertz CT molecular complexity index is 801. The normalized spacial score (nSPS) is 20.8. The van der Waals surface area contributed by atoms with E-state index in [1.165, 1.54) is 6.42 Å².